The second-order valence-corrected chi connectivity index (χ2v) is 4.10. The molecule has 0 radical (unpaired) electrons. The van der Waals surface area contributed by atoms with E-state index in [9.17, 15) is 5.11 Å². The van der Waals surface area contributed by atoms with Crippen LogP contribution >= 0.6 is 23.2 Å². The van der Waals surface area contributed by atoms with Crippen LogP contribution in [0.1, 0.15) is 18.9 Å². The quantitative estimate of drug-likeness (QED) is 0.772. The van der Waals surface area contributed by atoms with Crippen molar-refractivity contribution in [1.29, 1.82) is 0 Å². The van der Waals surface area contributed by atoms with Crippen LogP contribution in [0.25, 0.3) is 0 Å². The highest BCUT2D eigenvalue weighted by molar-refractivity contribution is 6.42. The van der Waals surface area contributed by atoms with Crippen LogP contribution in [0.3, 0.4) is 0 Å². The zero-order valence-corrected chi connectivity index (χ0v) is 9.23. The molecule has 0 bridgehead atoms. The molecule has 0 fully saturated rings. The zero-order valence-electron chi connectivity index (χ0n) is 7.72. The summed E-state index contributed by atoms with van der Waals surface area (Å²) < 4.78 is 0. The third-order valence-electron chi connectivity index (χ3n) is 1.99. The fraction of sp³-hybridized carbons (Fsp3) is 0.273. The van der Waals surface area contributed by atoms with Crippen molar-refractivity contribution >= 4 is 23.2 Å². The molecule has 0 aliphatic rings. The lowest BCUT2D eigenvalue weighted by Crippen LogP contribution is -2.20. The second-order valence-electron chi connectivity index (χ2n) is 3.28. The lowest BCUT2D eigenvalue weighted by atomic mass is 9.93. The van der Waals surface area contributed by atoms with Crippen molar-refractivity contribution in [3.63, 3.8) is 0 Å². The summed E-state index contributed by atoms with van der Waals surface area (Å²) in [5.74, 6) is 2.41. The third kappa shape index (κ3) is 2.42. The Morgan fingerprint density at radius 3 is 2.57 bits per heavy atom. The van der Waals surface area contributed by atoms with Crippen LogP contribution in [-0.2, 0) is 5.60 Å². The predicted molar refractivity (Wildman–Crippen MR) is 59.5 cm³/mol. The van der Waals surface area contributed by atoms with Crippen molar-refractivity contribution in [3.05, 3.63) is 33.8 Å². The number of hydrogen-bond acceptors (Lipinski definition) is 1. The van der Waals surface area contributed by atoms with Crippen LogP contribution in [-0.4, -0.2) is 5.11 Å². The van der Waals surface area contributed by atoms with Crippen molar-refractivity contribution < 1.29 is 5.11 Å². The van der Waals surface area contributed by atoms with Crippen LogP contribution < -0.4 is 0 Å². The maximum atomic E-state index is 9.96. The minimum Gasteiger partial charge on any atom is -0.384 e. The highest BCUT2D eigenvalue weighted by Crippen LogP contribution is 2.30. The number of aliphatic hydroxyl groups is 1. The zero-order chi connectivity index (χ0) is 10.8. The van der Waals surface area contributed by atoms with Gasteiger partial charge in [-0.3, -0.25) is 0 Å². The number of halogens is 2. The summed E-state index contributed by atoms with van der Waals surface area (Å²) >= 11 is 11.6. The van der Waals surface area contributed by atoms with Gasteiger partial charge in [0.05, 0.1) is 15.6 Å². The minimum atomic E-state index is -1.05. The van der Waals surface area contributed by atoms with E-state index in [-0.39, 0.29) is 6.42 Å². The van der Waals surface area contributed by atoms with Gasteiger partial charge in [-0.1, -0.05) is 29.3 Å². The van der Waals surface area contributed by atoms with Crippen LogP contribution in [0.2, 0.25) is 10.0 Å². The van der Waals surface area contributed by atoms with Crippen molar-refractivity contribution in [2.75, 3.05) is 0 Å². The maximum absolute atomic E-state index is 9.96. The Morgan fingerprint density at radius 1 is 1.43 bits per heavy atom. The van der Waals surface area contributed by atoms with Gasteiger partial charge >= 0.3 is 0 Å². The van der Waals surface area contributed by atoms with Crippen LogP contribution in [0.15, 0.2) is 18.2 Å². The molecule has 1 N–H and O–H groups in total. The highest BCUT2D eigenvalue weighted by Gasteiger charge is 2.22. The molecule has 3 heteroatoms. The van der Waals surface area contributed by atoms with Gasteiger partial charge in [-0.25, -0.2) is 0 Å². The van der Waals surface area contributed by atoms with E-state index < -0.39 is 5.60 Å². The van der Waals surface area contributed by atoms with Gasteiger partial charge in [-0.15, -0.1) is 12.3 Å². The first-order valence-corrected chi connectivity index (χ1v) is 4.84. The molecule has 0 aliphatic carbocycles. The van der Waals surface area contributed by atoms with E-state index in [1.165, 1.54) is 0 Å². The monoisotopic (exact) mass is 228 g/mol. The van der Waals surface area contributed by atoms with Gasteiger partial charge in [-0.2, -0.15) is 0 Å². The normalized spacial score (nSPS) is 14.5. The minimum absolute atomic E-state index is 0.241. The molecule has 1 atom stereocenters. The molecule has 0 amide bonds. The van der Waals surface area contributed by atoms with Gasteiger partial charge < -0.3 is 5.11 Å². The van der Waals surface area contributed by atoms with Crippen molar-refractivity contribution in [2.45, 2.75) is 18.9 Å². The first-order valence-electron chi connectivity index (χ1n) is 4.09. The average molecular weight is 229 g/mol. The molecule has 0 heterocycles. The summed E-state index contributed by atoms with van der Waals surface area (Å²) in [5.41, 5.74) is -0.381. The Labute approximate surface area is 93.7 Å². The Kier molecular flexibility index (Phi) is 3.44. The molecule has 0 saturated heterocycles. The van der Waals surface area contributed by atoms with Gasteiger partial charge in [0.15, 0.2) is 0 Å². The SMILES string of the molecule is C#CCC(C)(O)c1ccc(Cl)c(Cl)c1. The predicted octanol–water partition coefficient (Wildman–Crippen LogP) is 3.22. The fourth-order valence-electron chi connectivity index (χ4n) is 1.13. The lowest BCUT2D eigenvalue weighted by molar-refractivity contribution is 0.0630. The molecule has 1 aromatic carbocycles. The van der Waals surface area contributed by atoms with Crippen LogP contribution in [0.4, 0.5) is 0 Å². The maximum Gasteiger partial charge on any atom is 0.0977 e. The van der Waals surface area contributed by atoms with E-state index in [2.05, 4.69) is 5.92 Å². The Balaban J connectivity index is 3.09. The van der Waals surface area contributed by atoms with E-state index in [0.29, 0.717) is 15.6 Å². The molecule has 0 aromatic heterocycles. The van der Waals surface area contributed by atoms with Gasteiger partial charge in [0, 0.05) is 6.42 Å². The van der Waals surface area contributed by atoms with Crippen LogP contribution in [0.5, 0.6) is 0 Å². The van der Waals surface area contributed by atoms with E-state index in [4.69, 9.17) is 29.6 Å². The number of rotatable bonds is 2. The molecule has 0 aliphatic heterocycles. The van der Waals surface area contributed by atoms with Crippen molar-refractivity contribution in [2.24, 2.45) is 0 Å². The van der Waals surface area contributed by atoms with Crippen molar-refractivity contribution in [1.82, 2.24) is 0 Å². The summed E-state index contributed by atoms with van der Waals surface area (Å²) in [6.07, 6.45) is 5.39. The molecule has 0 spiro atoms. The summed E-state index contributed by atoms with van der Waals surface area (Å²) in [4.78, 5) is 0. The largest absolute Gasteiger partial charge is 0.384 e. The van der Waals surface area contributed by atoms with E-state index in [1.54, 1.807) is 25.1 Å². The number of benzene rings is 1. The summed E-state index contributed by atoms with van der Waals surface area (Å²) in [7, 11) is 0. The number of terminal acetylenes is 1. The molecular formula is C11H10Cl2O. The third-order valence-corrected chi connectivity index (χ3v) is 2.73. The second kappa shape index (κ2) is 4.23. The van der Waals surface area contributed by atoms with Gasteiger partial charge in [0.1, 0.15) is 0 Å². The molecule has 14 heavy (non-hydrogen) atoms. The summed E-state index contributed by atoms with van der Waals surface area (Å²) in [5, 5.41) is 10.8. The molecular weight excluding hydrogens is 219 g/mol. The molecule has 1 aromatic rings. The Hall–Kier alpha value is -0.680. The summed E-state index contributed by atoms with van der Waals surface area (Å²) in [6, 6.07) is 4.98. The van der Waals surface area contributed by atoms with E-state index >= 15 is 0 Å². The number of hydrogen-bond donors (Lipinski definition) is 1. The van der Waals surface area contributed by atoms with Crippen LogP contribution in [0, 0.1) is 12.3 Å². The van der Waals surface area contributed by atoms with Gasteiger partial charge in [0.25, 0.3) is 0 Å². The fourth-order valence-corrected chi connectivity index (χ4v) is 1.43. The van der Waals surface area contributed by atoms with Gasteiger partial charge in [-0.05, 0) is 24.6 Å². The summed E-state index contributed by atoms with van der Waals surface area (Å²) in [6.45, 7) is 1.65. The standard InChI is InChI=1S/C11H10Cl2O/c1-3-6-11(2,14)8-4-5-9(12)10(13)7-8/h1,4-5,7,14H,6H2,2H3. The van der Waals surface area contributed by atoms with E-state index in [0.717, 1.165) is 0 Å². The van der Waals surface area contributed by atoms with Gasteiger partial charge in [0.2, 0.25) is 0 Å². The molecule has 1 nitrogen and oxygen atoms in total. The molecule has 1 rings (SSSR count). The average Bonchev–Trinajstić information content (AvgIpc) is 2.09. The first-order chi connectivity index (χ1) is 6.47. The smallest absolute Gasteiger partial charge is 0.0977 e. The lowest BCUT2D eigenvalue weighted by Gasteiger charge is -2.21. The first kappa shape index (κ1) is 11.4. The molecule has 74 valence electrons. The van der Waals surface area contributed by atoms with E-state index in [1.807, 2.05) is 0 Å². The highest BCUT2D eigenvalue weighted by atomic mass is 35.5. The molecule has 1 unspecified atom stereocenters. The Bertz CT molecular complexity index is 377. The Morgan fingerprint density at radius 2 is 2.07 bits per heavy atom. The van der Waals surface area contributed by atoms with Crippen molar-refractivity contribution in [3.8, 4) is 12.3 Å². The topological polar surface area (TPSA) is 20.2 Å². The molecule has 0 saturated carbocycles.